The zero-order valence-corrected chi connectivity index (χ0v) is 18.6. The van der Waals surface area contributed by atoms with Gasteiger partial charge in [0.05, 0.1) is 13.0 Å². The van der Waals surface area contributed by atoms with Gasteiger partial charge in [-0.25, -0.2) is 0 Å². The highest BCUT2D eigenvalue weighted by atomic mass is 16.5. The van der Waals surface area contributed by atoms with Crippen molar-refractivity contribution in [1.29, 1.82) is 0 Å². The molecule has 2 aromatic rings. The van der Waals surface area contributed by atoms with Gasteiger partial charge in [-0.1, -0.05) is 23.8 Å². The van der Waals surface area contributed by atoms with Crippen LogP contribution < -0.4 is 25.0 Å². The molecule has 1 heterocycles. The van der Waals surface area contributed by atoms with Crippen LogP contribution in [-0.2, 0) is 20.9 Å². The van der Waals surface area contributed by atoms with E-state index in [1.54, 1.807) is 23.1 Å². The lowest BCUT2D eigenvalue weighted by atomic mass is 10.1. The summed E-state index contributed by atoms with van der Waals surface area (Å²) in [7, 11) is 1.51. The number of nitrogens with one attached hydrogen (secondary N) is 2. The van der Waals surface area contributed by atoms with Crippen LogP contribution in [0.25, 0.3) is 0 Å². The summed E-state index contributed by atoms with van der Waals surface area (Å²) in [6.45, 7) is 4.91. The lowest BCUT2D eigenvalue weighted by molar-refractivity contribution is -0.126. The van der Waals surface area contributed by atoms with Crippen molar-refractivity contribution in [2.24, 2.45) is 5.92 Å². The molecule has 0 spiro atoms. The largest absolute Gasteiger partial charge is 0.493 e. The van der Waals surface area contributed by atoms with Crippen LogP contribution in [0.3, 0.4) is 0 Å². The summed E-state index contributed by atoms with van der Waals surface area (Å²) in [5, 5.41) is 5.57. The monoisotopic (exact) mass is 439 g/mol. The number of rotatable bonds is 9. The standard InChI is InChI=1S/C24H29N3O5/c1-4-25-22(28)15-32-20-10-7-17(11-21(20)31-3)13-26-24(30)18-12-23(29)27(14-18)19-8-5-16(2)6-9-19/h5-11,18H,4,12-15H2,1-3H3,(H,25,28)(H,26,30). The maximum atomic E-state index is 12.7. The van der Waals surface area contributed by atoms with E-state index < -0.39 is 5.92 Å². The second-order valence-electron chi connectivity index (χ2n) is 7.69. The normalized spacial score (nSPS) is 15.4. The number of amides is 3. The van der Waals surface area contributed by atoms with Gasteiger partial charge in [-0.05, 0) is 43.7 Å². The molecular formula is C24H29N3O5. The lowest BCUT2D eigenvalue weighted by Crippen LogP contribution is -2.32. The molecule has 170 valence electrons. The van der Waals surface area contributed by atoms with Crippen LogP contribution in [0.5, 0.6) is 11.5 Å². The molecular weight excluding hydrogens is 410 g/mol. The van der Waals surface area contributed by atoms with Gasteiger partial charge in [0.2, 0.25) is 11.8 Å². The van der Waals surface area contributed by atoms with Crippen molar-refractivity contribution in [3.63, 3.8) is 0 Å². The minimum absolute atomic E-state index is 0.0516. The molecule has 0 aliphatic carbocycles. The molecule has 0 radical (unpaired) electrons. The van der Waals surface area contributed by atoms with Crippen molar-refractivity contribution in [1.82, 2.24) is 10.6 Å². The van der Waals surface area contributed by atoms with Crippen LogP contribution in [0.15, 0.2) is 42.5 Å². The van der Waals surface area contributed by atoms with Crippen LogP contribution in [0, 0.1) is 12.8 Å². The Kier molecular flexibility index (Phi) is 7.70. The van der Waals surface area contributed by atoms with Crippen molar-refractivity contribution in [2.75, 3.05) is 31.7 Å². The molecule has 1 atom stereocenters. The Labute approximate surface area is 187 Å². The van der Waals surface area contributed by atoms with E-state index in [0.29, 0.717) is 31.1 Å². The minimum Gasteiger partial charge on any atom is -0.493 e. The van der Waals surface area contributed by atoms with Gasteiger partial charge in [0, 0.05) is 31.7 Å². The Hall–Kier alpha value is -3.55. The van der Waals surface area contributed by atoms with E-state index in [1.807, 2.05) is 38.1 Å². The molecule has 32 heavy (non-hydrogen) atoms. The SMILES string of the molecule is CCNC(=O)COc1ccc(CNC(=O)C2CC(=O)N(c3ccc(C)cc3)C2)cc1OC. The predicted octanol–water partition coefficient (Wildman–Crippen LogP) is 2.19. The molecule has 1 fully saturated rings. The summed E-state index contributed by atoms with van der Waals surface area (Å²) < 4.78 is 10.9. The van der Waals surface area contributed by atoms with E-state index in [1.165, 1.54) is 7.11 Å². The molecule has 8 heteroatoms. The first-order valence-corrected chi connectivity index (χ1v) is 10.6. The molecule has 3 rings (SSSR count). The third-order valence-corrected chi connectivity index (χ3v) is 5.27. The number of hydrogen-bond acceptors (Lipinski definition) is 5. The summed E-state index contributed by atoms with van der Waals surface area (Å²) in [6, 6.07) is 13.0. The van der Waals surface area contributed by atoms with E-state index in [2.05, 4.69) is 10.6 Å². The van der Waals surface area contributed by atoms with Crippen LogP contribution in [-0.4, -0.2) is 44.5 Å². The second kappa shape index (κ2) is 10.7. The van der Waals surface area contributed by atoms with Gasteiger partial charge in [-0.15, -0.1) is 0 Å². The van der Waals surface area contributed by atoms with Crippen molar-refractivity contribution in [3.05, 3.63) is 53.6 Å². The van der Waals surface area contributed by atoms with Crippen LogP contribution >= 0.6 is 0 Å². The third kappa shape index (κ3) is 5.78. The minimum atomic E-state index is -0.398. The van der Waals surface area contributed by atoms with Crippen LogP contribution in [0.2, 0.25) is 0 Å². The Morgan fingerprint density at radius 2 is 1.84 bits per heavy atom. The zero-order valence-electron chi connectivity index (χ0n) is 18.6. The summed E-state index contributed by atoms with van der Waals surface area (Å²) in [4.78, 5) is 38.3. The number of methoxy groups -OCH3 is 1. The number of carbonyl (C=O) groups excluding carboxylic acids is 3. The molecule has 3 amide bonds. The smallest absolute Gasteiger partial charge is 0.257 e. The van der Waals surface area contributed by atoms with Crippen molar-refractivity contribution < 1.29 is 23.9 Å². The quantitative estimate of drug-likeness (QED) is 0.624. The van der Waals surface area contributed by atoms with Crippen LogP contribution in [0.1, 0.15) is 24.5 Å². The van der Waals surface area contributed by atoms with E-state index in [9.17, 15) is 14.4 Å². The number of aryl methyl sites for hydroxylation is 1. The van der Waals surface area contributed by atoms with Gasteiger partial charge in [0.15, 0.2) is 18.1 Å². The second-order valence-corrected chi connectivity index (χ2v) is 7.69. The molecule has 0 saturated carbocycles. The first-order valence-electron chi connectivity index (χ1n) is 10.6. The summed E-state index contributed by atoms with van der Waals surface area (Å²) in [5.41, 5.74) is 2.75. The Morgan fingerprint density at radius 1 is 1.09 bits per heavy atom. The number of ether oxygens (including phenoxy) is 2. The average Bonchev–Trinajstić information content (AvgIpc) is 3.18. The predicted molar refractivity (Wildman–Crippen MR) is 121 cm³/mol. The van der Waals surface area contributed by atoms with Crippen LogP contribution in [0.4, 0.5) is 5.69 Å². The fourth-order valence-electron chi connectivity index (χ4n) is 3.52. The first kappa shape index (κ1) is 23.1. The number of carbonyl (C=O) groups is 3. The van der Waals surface area contributed by atoms with E-state index in [4.69, 9.17) is 9.47 Å². The third-order valence-electron chi connectivity index (χ3n) is 5.27. The number of benzene rings is 2. The maximum absolute atomic E-state index is 12.7. The molecule has 8 nitrogen and oxygen atoms in total. The fraction of sp³-hybridized carbons (Fsp3) is 0.375. The lowest BCUT2D eigenvalue weighted by Gasteiger charge is -2.17. The Balaban J connectivity index is 1.55. The molecule has 0 aromatic heterocycles. The van der Waals surface area contributed by atoms with Gasteiger partial charge in [0.1, 0.15) is 0 Å². The molecule has 1 unspecified atom stereocenters. The Morgan fingerprint density at radius 3 is 2.53 bits per heavy atom. The van der Waals surface area contributed by atoms with Crippen molar-refractivity contribution >= 4 is 23.4 Å². The molecule has 1 aliphatic heterocycles. The van der Waals surface area contributed by atoms with E-state index >= 15 is 0 Å². The fourth-order valence-corrected chi connectivity index (χ4v) is 3.52. The van der Waals surface area contributed by atoms with E-state index in [-0.39, 0.29) is 30.7 Å². The Bertz CT molecular complexity index is 974. The maximum Gasteiger partial charge on any atom is 0.257 e. The highest BCUT2D eigenvalue weighted by Gasteiger charge is 2.34. The molecule has 0 bridgehead atoms. The van der Waals surface area contributed by atoms with E-state index in [0.717, 1.165) is 16.8 Å². The van der Waals surface area contributed by atoms with Crippen molar-refractivity contribution in [3.8, 4) is 11.5 Å². The molecule has 2 N–H and O–H groups in total. The number of anilines is 1. The summed E-state index contributed by atoms with van der Waals surface area (Å²) in [5.74, 6) is 0.0986. The van der Waals surface area contributed by atoms with Crippen molar-refractivity contribution in [2.45, 2.75) is 26.8 Å². The number of nitrogens with zero attached hydrogens (tertiary/aromatic N) is 1. The highest BCUT2D eigenvalue weighted by Crippen LogP contribution is 2.28. The molecule has 1 aliphatic rings. The van der Waals surface area contributed by atoms with Gasteiger partial charge in [0.25, 0.3) is 5.91 Å². The van der Waals surface area contributed by atoms with Gasteiger partial charge in [-0.2, -0.15) is 0 Å². The summed E-state index contributed by atoms with van der Waals surface area (Å²) >= 11 is 0. The van der Waals surface area contributed by atoms with Gasteiger partial charge >= 0.3 is 0 Å². The zero-order chi connectivity index (χ0) is 23.1. The molecule has 2 aromatic carbocycles. The van der Waals surface area contributed by atoms with Gasteiger partial charge in [-0.3, -0.25) is 14.4 Å². The number of hydrogen-bond donors (Lipinski definition) is 2. The summed E-state index contributed by atoms with van der Waals surface area (Å²) in [6.07, 6.45) is 0.190. The van der Waals surface area contributed by atoms with Gasteiger partial charge < -0.3 is 25.0 Å². The number of likely N-dealkylation sites (N-methyl/N-ethyl adjacent to an activating group) is 1. The molecule has 1 saturated heterocycles. The average molecular weight is 440 g/mol. The first-order chi connectivity index (χ1) is 15.4. The highest BCUT2D eigenvalue weighted by molar-refractivity contribution is 6.00. The topological polar surface area (TPSA) is 97.0 Å².